The largest absolute Gasteiger partial charge is 0.493 e. The van der Waals surface area contributed by atoms with Crippen molar-refractivity contribution in [3.63, 3.8) is 0 Å². The Hall–Kier alpha value is -3.56. The summed E-state index contributed by atoms with van der Waals surface area (Å²) in [5.41, 5.74) is 0.953. The van der Waals surface area contributed by atoms with Crippen LogP contribution in [0.1, 0.15) is 28.9 Å². The van der Waals surface area contributed by atoms with Crippen molar-refractivity contribution in [1.82, 2.24) is 10.6 Å². The molecule has 0 bridgehead atoms. The summed E-state index contributed by atoms with van der Waals surface area (Å²) in [6.45, 7) is -0.535. The van der Waals surface area contributed by atoms with Gasteiger partial charge < -0.3 is 29.6 Å². The molecule has 1 unspecified atom stereocenters. The van der Waals surface area contributed by atoms with Gasteiger partial charge in [0.2, 0.25) is 5.91 Å². The summed E-state index contributed by atoms with van der Waals surface area (Å²) in [7, 11) is 1.27. The number of carbonyl (C=O) groups is 2. The number of amides is 2. The Kier molecular flexibility index (Phi) is 7.11. The number of hydrogen-bond acceptors (Lipinski definition) is 6. The van der Waals surface area contributed by atoms with Crippen LogP contribution in [0.15, 0.2) is 36.4 Å². The van der Waals surface area contributed by atoms with E-state index in [1.165, 1.54) is 25.3 Å². The third-order valence-electron chi connectivity index (χ3n) is 4.50. The second kappa shape index (κ2) is 9.96. The van der Waals surface area contributed by atoms with Crippen LogP contribution in [0, 0.1) is 0 Å². The van der Waals surface area contributed by atoms with Gasteiger partial charge in [0, 0.05) is 5.56 Å². The Morgan fingerprint density at radius 1 is 1.06 bits per heavy atom. The van der Waals surface area contributed by atoms with Crippen molar-refractivity contribution >= 4 is 11.8 Å². The van der Waals surface area contributed by atoms with Gasteiger partial charge in [-0.25, -0.2) is 0 Å². The Bertz CT molecular complexity index is 953. The molecule has 0 aliphatic carbocycles. The van der Waals surface area contributed by atoms with Gasteiger partial charge in [0.05, 0.1) is 19.7 Å². The molecule has 2 aromatic carbocycles. The molecule has 0 radical (unpaired) electrons. The van der Waals surface area contributed by atoms with E-state index in [9.17, 15) is 18.4 Å². The van der Waals surface area contributed by atoms with E-state index in [1.54, 1.807) is 19.1 Å². The van der Waals surface area contributed by atoms with Gasteiger partial charge in [-0.05, 0) is 42.8 Å². The summed E-state index contributed by atoms with van der Waals surface area (Å²) in [4.78, 5) is 24.5. The zero-order valence-corrected chi connectivity index (χ0v) is 16.9. The lowest BCUT2D eigenvalue weighted by Gasteiger charge is -2.21. The molecule has 2 aromatic rings. The van der Waals surface area contributed by atoms with E-state index in [-0.39, 0.29) is 29.6 Å². The highest BCUT2D eigenvalue weighted by molar-refractivity contribution is 5.97. The number of benzene rings is 2. The predicted molar refractivity (Wildman–Crippen MR) is 106 cm³/mol. The summed E-state index contributed by atoms with van der Waals surface area (Å²) >= 11 is 0. The maximum atomic E-state index is 12.4. The zero-order valence-electron chi connectivity index (χ0n) is 16.9. The molecule has 0 saturated carbocycles. The molecule has 8 nitrogen and oxygen atoms in total. The summed E-state index contributed by atoms with van der Waals surface area (Å²) in [5, 5.41) is 5.26. The Balaban J connectivity index is 1.55. The van der Waals surface area contributed by atoms with Crippen molar-refractivity contribution in [2.24, 2.45) is 0 Å². The SMILES string of the molecule is COc1cc(C(=O)NCC(=O)NC(C)c2ccc3c(c2)OCCO3)ccc1OC(F)F. The number of halogens is 2. The third kappa shape index (κ3) is 5.74. The molecule has 2 N–H and O–H groups in total. The van der Waals surface area contributed by atoms with Crippen LogP contribution in [0.2, 0.25) is 0 Å². The fourth-order valence-electron chi connectivity index (χ4n) is 2.97. The smallest absolute Gasteiger partial charge is 0.387 e. The molecule has 0 saturated heterocycles. The van der Waals surface area contributed by atoms with E-state index < -0.39 is 18.4 Å². The number of ether oxygens (including phenoxy) is 4. The first-order valence-electron chi connectivity index (χ1n) is 9.47. The van der Waals surface area contributed by atoms with Gasteiger partial charge in [-0.2, -0.15) is 8.78 Å². The number of alkyl halides is 2. The lowest BCUT2D eigenvalue weighted by Crippen LogP contribution is -2.38. The first kappa shape index (κ1) is 22.1. The lowest BCUT2D eigenvalue weighted by molar-refractivity contribution is -0.120. The molecule has 0 spiro atoms. The van der Waals surface area contributed by atoms with Gasteiger partial charge in [0.15, 0.2) is 23.0 Å². The highest BCUT2D eigenvalue weighted by Crippen LogP contribution is 2.32. The van der Waals surface area contributed by atoms with E-state index in [1.807, 2.05) is 6.07 Å². The van der Waals surface area contributed by atoms with Gasteiger partial charge >= 0.3 is 6.61 Å². The van der Waals surface area contributed by atoms with Crippen LogP contribution in [0.4, 0.5) is 8.78 Å². The van der Waals surface area contributed by atoms with Crippen LogP contribution in [0.25, 0.3) is 0 Å². The number of fused-ring (bicyclic) bond motifs is 1. The quantitative estimate of drug-likeness (QED) is 0.661. The first-order chi connectivity index (χ1) is 14.9. The van der Waals surface area contributed by atoms with E-state index >= 15 is 0 Å². The molecule has 10 heteroatoms. The highest BCUT2D eigenvalue weighted by atomic mass is 19.3. The van der Waals surface area contributed by atoms with Crippen LogP contribution >= 0.6 is 0 Å². The molecule has 1 aliphatic rings. The van der Waals surface area contributed by atoms with Gasteiger partial charge in [0.1, 0.15) is 13.2 Å². The van der Waals surface area contributed by atoms with Crippen LogP contribution in [0.3, 0.4) is 0 Å². The Labute approximate surface area is 177 Å². The molecular formula is C21H22F2N2O6. The second-order valence-electron chi connectivity index (χ2n) is 6.62. The zero-order chi connectivity index (χ0) is 22.4. The van der Waals surface area contributed by atoms with Crippen molar-refractivity contribution < 1.29 is 37.3 Å². The number of nitrogens with one attached hydrogen (secondary N) is 2. The molecule has 1 heterocycles. The van der Waals surface area contributed by atoms with Crippen molar-refractivity contribution in [2.45, 2.75) is 19.6 Å². The molecule has 2 amide bonds. The van der Waals surface area contributed by atoms with E-state index in [0.717, 1.165) is 5.56 Å². The number of methoxy groups -OCH3 is 1. The topological polar surface area (TPSA) is 95.1 Å². The van der Waals surface area contributed by atoms with Crippen molar-refractivity contribution in [1.29, 1.82) is 0 Å². The fourth-order valence-corrected chi connectivity index (χ4v) is 2.97. The second-order valence-corrected chi connectivity index (χ2v) is 6.62. The van der Waals surface area contributed by atoms with Crippen molar-refractivity contribution in [3.05, 3.63) is 47.5 Å². The van der Waals surface area contributed by atoms with Crippen molar-refractivity contribution in [2.75, 3.05) is 26.9 Å². The van der Waals surface area contributed by atoms with Gasteiger partial charge in [-0.15, -0.1) is 0 Å². The lowest BCUT2D eigenvalue weighted by atomic mass is 10.1. The minimum atomic E-state index is -3.02. The van der Waals surface area contributed by atoms with E-state index in [2.05, 4.69) is 15.4 Å². The standard InChI is InChI=1S/C21H22F2N2O6/c1-12(13-3-5-15-18(9-13)30-8-7-29-15)25-19(26)11-24-20(27)14-4-6-16(31-21(22)23)17(10-14)28-2/h3-6,9-10,12,21H,7-8,11H2,1-2H3,(H,24,27)(H,25,26). The van der Waals surface area contributed by atoms with Gasteiger partial charge in [-0.3, -0.25) is 9.59 Å². The summed E-state index contributed by atoms with van der Waals surface area (Å²) in [5.74, 6) is 0.0848. The normalized spacial score (nSPS) is 13.3. The molecule has 166 valence electrons. The molecule has 31 heavy (non-hydrogen) atoms. The van der Waals surface area contributed by atoms with Crippen LogP contribution in [-0.2, 0) is 4.79 Å². The van der Waals surface area contributed by atoms with E-state index in [4.69, 9.17) is 14.2 Å². The average molecular weight is 436 g/mol. The van der Waals surface area contributed by atoms with E-state index in [0.29, 0.717) is 24.7 Å². The highest BCUT2D eigenvalue weighted by Gasteiger charge is 2.17. The minimum Gasteiger partial charge on any atom is -0.493 e. The monoisotopic (exact) mass is 436 g/mol. The first-order valence-corrected chi connectivity index (χ1v) is 9.47. The van der Waals surface area contributed by atoms with Crippen LogP contribution in [-0.4, -0.2) is 45.3 Å². The Morgan fingerprint density at radius 3 is 2.52 bits per heavy atom. The number of rotatable bonds is 8. The van der Waals surface area contributed by atoms with Crippen LogP contribution in [0.5, 0.6) is 23.0 Å². The van der Waals surface area contributed by atoms with Crippen LogP contribution < -0.4 is 29.6 Å². The molecule has 0 fully saturated rings. The maximum absolute atomic E-state index is 12.4. The summed E-state index contributed by atoms with van der Waals surface area (Å²) in [6.07, 6.45) is 0. The molecule has 0 aromatic heterocycles. The average Bonchev–Trinajstić information content (AvgIpc) is 2.77. The number of carbonyl (C=O) groups excluding carboxylic acids is 2. The molecular weight excluding hydrogens is 414 g/mol. The molecule has 3 rings (SSSR count). The summed E-state index contributed by atoms with van der Waals surface area (Å²) in [6, 6.07) is 8.83. The fraction of sp³-hybridized carbons (Fsp3) is 0.333. The number of hydrogen-bond donors (Lipinski definition) is 2. The van der Waals surface area contributed by atoms with Gasteiger partial charge in [-0.1, -0.05) is 6.07 Å². The van der Waals surface area contributed by atoms with Crippen molar-refractivity contribution in [3.8, 4) is 23.0 Å². The maximum Gasteiger partial charge on any atom is 0.387 e. The molecule has 1 atom stereocenters. The minimum absolute atomic E-state index is 0.0235. The van der Waals surface area contributed by atoms with Gasteiger partial charge in [0.25, 0.3) is 5.91 Å². The summed E-state index contributed by atoms with van der Waals surface area (Å²) < 4.78 is 45.1. The Morgan fingerprint density at radius 2 is 1.81 bits per heavy atom. The predicted octanol–water partition coefficient (Wildman–Crippen LogP) is 2.68. The molecule has 1 aliphatic heterocycles. The third-order valence-corrected chi connectivity index (χ3v) is 4.50.